The summed E-state index contributed by atoms with van der Waals surface area (Å²) in [6, 6.07) is 5.16. The first kappa shape index (κ1) is 16.0. The summed E-state index contributed by atoms with van der Waals surface area (Å²) in [7, 11) is 1.74. The van der Waals surface area contributed by atoms with Crippen LogP contribution in [0.15, 0.2) is 24.3 Å². The number of hydrogen-bond acceptors (Lipinski definition) is 3. The number of nitrogens with zero attached hydrogens (tertiary/aromatic N) is 4. The maximum atomic E-state index is 12.2. The summed E-state index contributed by atoms with van der Waals surface area (Å²) in [5.41, 5.74) is 0.751. The minimum absolute atomic E-state index is 0.119. The number of benzene rings is 1. The molecule has 1 amide bonds. The van der Waals surface area contributed by atoms with Gasteiger partial charge in [-0.05, 0) is 30.2 Å². The Labute approximate surface area is 144 Å². The van der Waals surface area contributed by atoms with Crippen LogP contribution in [0.2, 0.25) is 10.0 Å². The second-order valence-electron chi connectivity index (χ2n) is 5.48. The minimum Gasteiger partial charge on any atom is -0.335 e. The highest BCUT2D eigenvalue weighted by atomic mass is 35.5. The maximum Gasteiger partial charge on any atom is 0.246 e. The number of halogens is 2. The minimum atomic E-state index is -0.119. The Balaban J connectivity index is 1.66. The molecule has 0 bridgehead atoms. The largest absolute Gasteiger partial charge is 0.335 e. The summed E-state index contributed by atoms with van der Waals surface area (Å²) < 4.78 is 2.09. The van der Waals surface area contributed by atoms with E-state index in [0.29, 0.717) is 16.6 Å². The van der Waals surface area contributed by atoms with Crippen molar-refractivity contribution in [3.05, 3.63) is 51.5 Å². The van der Waals surface area contributed by atoms with E-state index in [2.05, 4.69) is 14.8 Å². The standard InChI is InChI=1S/C16H16Cl2N4O/c1-21(10-15-20-19-14-3-2-8-22(14)15)16(23)7-5-11-4-6-12(17)9-13(11)18/h4-7,9H,2-3,8,10H2,1H3/b7-5+. The van der Waals surface area contributed by atoms with Gasteiger partial charge >= 0.3 is 0 Å². The molecule has 2 heterocycles. The van der Waals surface area contributed by atoms with E-state index in [9.17, 15) is 4.79 Å². The Kier molecular flexibility index (Phi) is 4.68. The van der Waals surface area contributed by atoms with Gasteiger partial charge in [-0.15, -0.1) is 10.2 Å². The predicted octanol–water partition coefficient (Wildman–Crippen LogP) is 3.20. The van der Waals surface area contributed by atoms with Gasteiger partial charge in [0.1, 0.15) is 5.82 Å². The number of aromatic nitrogens is 3. The van der Waals surface area contributed by atoms with Gasteiger partial charge in [-0.2, -0.15) is 0 Å². The lowest BCUT2D eigenvalue weighted by molar-refractivity contribution is -0.125. The molecule has 0 atom stereocenters. The fourth-order valence-corrected chi connectivity index (χ4v) is 3.01. The first-order chi connectivity index (χ1) is 11.0. The van der Waals surface area contributed by atoms with Gasteiger partial charge in [0.2, 0.25) is 5.91 Å². The molecule has 0 saturated carbocycles. The van der Waals surface area contributed by atoms with Gasteiger partial charge in [0.15, 0.2) is 5.82 Å². The normalized spacial score (nSPS) is 13.5. The van der Waals surface area contributed by atoms with Gasteiger partial charge in [0.05, 0.1) is 6.54 Å². The van der Waals surface area contributed by atoms with Crippen molar-refractivity contribution in [2.45, 2.75) is 25.9 Å². The lowest BCUT2D eigenvalue weighted by Gasteiger charge is -2.14. The molecule has 3 rings (SSSR count). The highest BCUT2D eigenvalue weighted by Crippen LogP contribution is 2.22. The molecule has 2 aromatic rings. The van der Waals surface area contributed by atoms with E-state index < -0.39 is 0 Å². The van der Waals surface area contributed by atoms with Gasteiger partial charge in [-0.1, -0.05) is 29.3 Å². The van der Waals surface area contributed by atoms with E-state index >= 15 is 0 Å². The lowest BCUT2D eigenvalue weighted by atomic mass is 10.2. The number of aryl methyl sites for hydroxylation is 1. The smallest absolute Gasteiger partial charge is 0.246 e. The fraction of sp³-hybridized carbons (Fsp3) is 0.312. The van der Waals surface area contributed by atoms with Crippen molar-refractivity contribution < 1.29 is 4.79 Å². The SMILES string of the molecule is CN(Cc1nnc2n1CCC2)C(=O)/C=C/c1ccc(Cl)cc1Cl. The molecule has 0 saturated heterocycles. The second kappa shape index (κ2) is 6.72. The molecule has 0 spiro atoms. The molecular formula is C16H16Cl2N4O. The molecule has 0 fully saturated rings. The average molecular weight is 351 g/mol. The Morgan fingerprint density at radius 3 is 3.00 bits per heavy atom. The second-order valence-corrected chi connectivity index (χ2v) is 6.32. The zero-order chi connectivity index (χ0) is 16.4. The molecule has 23 heavy (non-hydrogen) atoms. The summed E-state index contributed by atoms with van der Waals surface area (Å²) in [5, 5.41) is 9.39. The number of likely N-dealkylation sites (N-methyl/N-ethyl adjacent to an activating group) is 1. The highest BCUT2D eigenvalue weighted by Gasteiger charge is 2.19. The first-order valence-corrected chi connectivity index (χ1v) is 8.09. The zero-order valence-corrected chi connectivity index (χ0v) is 14.2. The summed E-state index contributed by atoms with van der Waals surface area (Å²) in [4.78, 5) is 13.8. The summed E-state index contributed by atoms with van der Waals surface area (Å²) >= 11 is 11.9. The van der Waals surface area contributed by atoms with Crippen LogP contribution in [-0.2, 0) is 24.3 Å². The zero-order valence-electron chi connectivity index (χ0n) is 12.7. The van der Waals surface area contributed by atoms with Crippen LogP contribution in [0, 0.1) is 0 Å². The maximum absolute atomic E-state index is 12.2. The van der Waals surface area contributed by atoms with Crippen LogP contribution < -0.4 is 0 Å². The predicted molar refractivity (Wildman–Crippen MR) is 90.3 cm³/mol. The molecule has 120 valence electrons. The third-order valence-electron chi connectivity index (χ3n) is 3.81. The number of fused-ring (bicyclic) bond motifs is 1. The quantitative estimate of drug-likeness (QED) is 0.795. The molecule has 0 N–H and O–H groups in total. The van der Waals surface area contributed by atoms with Crippen LogP contribution in [-0.4, -0.2) is 32.6 Å². The van der Waals surface area contributed by atoms with E-state index in [4.69, 9.17) is 23.2 Å². The summed E-state index contributed by atoms with van der Waals surface area (Å²) in [6.45, 7) is 1.36. The highest BCUT2D eigenvalue weighted by molar-refractivity contribution is 6.35. The van der Waals surface area contributed by atoms with Crippen molar-refractivity contribution in [2.24, 2.45) is 0 Å². The van der Waals surface area contributed by atoms with Gasteiger partial charge in [-0.25, -0.2) is 0 Å². The molecular weight excluding hydrogens is 335 g/mol. The van der Waals surface area contributed by atoms with Gasteiger partial charge in [0.25, 0.3) is 0 Å². The van der Waals surface area contributed by atoms with Crippen molar-refractivity contribution >= 4 is 35.2 Å². The molecule has 1 aliphatic heterocycles. The van der Waals surface area contributed by atoms with Crippen LogP contribution in [0.25, 0.3) is 6.08 Å². The molecule has 5 nitrogen and oxygen atoms in total. The molecule has 1 aromatic carbocycles. The molecule has 0 radical (unpaired) electrons. The van der Waals surface area contributed by atoms with Crippen molar-refractivity contribution in [1.29, 1.82) is 0 Å². The summed E-state index contributed by atoms with van der Waals surface area (Å²) in [6.07, 6.45) is 5.23. The number of hydrogen-bond donors (Lipinski definition) is 0. The van der Waals surface area contributed by atoms with Crippen molar-refractivity contribution in [2.75, 3.05) is 7.05 Å². The molecule has 0 aliphatic carbocycles. The Hall–Kier alpha value is -1.85. The van der Waals surface area contributed by atoms with Crippen molar-refractivity contribution in [3.8, 4) is 0 Å². The Morgan fingerprint density at radius 1 is 1.39 bits per heavy atom. The molecule has 0 unspecified atom stereocenters. The Morgan fingerprint density at radius 2 is 2.22 bits per heavy atom. The van der Waals surface area contributed by atoms with Gasteiger partial charge in [0, 0.05) is 36.1 Å². The topological polar surface area (TPSA) is 51.0 Å². The van der Waals surface area contributed by atoms with Crippen LogP contribution >= 0.6 is 23.2 Å². The molecule has 7 heteroatoms. The number of rotatable bonds is 4. The molecule has 1 aromatic heterocycles. The summed E-state index contributed by atoms with van der Waals surface area (Å²) in [5.74, 6) is 1.71. The average Bonchev–Trinajstić information content (AvgIpc) is 3.11. The monoisotopic (exact) mass is 350 g/mol. The molecule has 1 aliphatic rings. The Bertz CT molecular complexity index is 769. The first-order valence-electron chi connectivity index (χ1n) is 7.34. The van der Waals surface area contributed by atoms with Crippen molar-refractivity contribution in [1.82, 2.24) is 19.7 Å². The third kappa shape index (κ3) is 3.57. The third-order valence-corrected chi connectivity index (χ3v) is 4.37. The number of carbonyl (C=O) groups excluding carboxylic acids is 1. The lowest BCUT2D eigenvalue weighted by Crippen LogP contribution is -2.25. The van der Waals surface area contributed by atoms with E-state index in [1.165, 1.54) is 6.08 Å². The van der Waals surface area contributed by atoms with E-state index in [0.717, 1.165) is 36.6 Å². The fourth-order valence-electron chi connectivity index (χ4n) is 2.54. The number of carbonyl (C=O) groups is 1. The van der Waals surface area contributed by atoms with Crippen LogP contribution in [0.3, 0.4) is 0 Å². The van der Waals surface area contributed by atoms with Crippen LogP contribution in [0.1, 0.15) is 23.6 Å². The van der Waals surface area contributed by atoms with E-state index in [-0.39, 0.29) is 5.91 Å². The van der Waals surface area contributed by atoms with Gasteiger partial charge in [-0.3, -0.25) is 4.79 Å². The van der Waals surface area contributed by atoms with E-state index in [1.54, 1.807) is 36.2 Å². The van der Waals surface area contributed by atoms with E-state index in [1.807, 2.05) is 0 Å². The van der Waals surface area contributed by atoms with Crippen LogP contribution in [0.5, 0.6) is 0 Å². The van der Waals surface area contributed by atoms with Crippen LogP contribution in [0.4, 0.5) is 0 Å². The number of amides is 1. The van der Waals surface area contributed by atoms with Crippen molar-refractivity contribution in [3.63, 3.8) is 0 Å². The van der Waals surface area contributed by atoms with Gasteiger partial charge < -0.3 is 9.47 Å².